The number of allylic oxidation sites excluding steroid dienone is 1. The third-order valence-corrected chi connectivity index (χ3v) is 2.24. The minimum atomic E-state index is -0.522. The van der Waals surface area contributed by atoms with Crippen LogP contribution >= 0.6 is 11.6 Å². The lowest BCUT2D eigenvalue weighted by Gasteiger charge is -2.10. The number of rotatable bonds is 5. The van der Waals surface area contributed by atoms with E-state index in [4.69, 9.17) is 16.7 Å². The van der Waals surface area contributed by atoms with Crippen molar-refractivity contribution in [2.45, 2.75) is 19.6 Å². The van der Waals surface area contributed by atoms with Crippen molar-refractivity contribution in [2.75, 3.05) is 11.9 Å². The van der Waals surface area contributed by atoms with E-state index < -0.39 is 6.10 Å². The maximum atomic E-state index is 11.6. The second-order valence-electron chi connectivity index (χ2n) is 3.38. The second kappa shape index (κ2) is 5.67. The summed E-state index contributed by atoms with van der Waals surface area (Å²) in [6, 6.07) is 0. The third-order valence-electron chi connectivity index (χ3n) is 1.87. The van der Waals surface area contributed by atoms with Gasteiger partial charge in [0.15, 0.2) is 0 Å². The highest BCUT2D eigenvalue weighted by molar-refractivity contribution is 6.32. The van der Waals surface area contributed by atoms with E-state index >= 15 is 0 Å². The highest BCUT2D eigenvalue weighted by Crippen LogP contribution is 2.14. The smallest absolute Gasteiger partial charge is 0.287 e. The Hall–Kier alpha value is -1.33. The number of nitrogens with one attached hydrogen (secondary N) is 1. The number of halogens is 1. The molecule has 0 aliphatic rings. The molecule has 1 rings (SSSR count). The first-order chi connectivity index (χ1) is 7.56. The van der Waals surface area contributed by atoms with Crippen molar-refractivity contribution in [3.8, 4) is 0 Å². The summed E-state index contributed by atoms with van der Waals surface area (Å²) < 4.78 is 1.21. The van der Waals surface area contributed by atoms with Gasteiger partial charge in [-0.1, -0.05) is 17.7 Å². The molecular formula is C10H14ClN3O2. The molecule has 0 aliphatic heterocycles. The molecule has 0 saturated heterocycles. The monoisotopic (exact) mass is 243 g/mol. The number of hydrogen-bond donors (Lipinski definition) is 2. The van der Waals surface area contributed by atoms with Gasteiger partial charge in [-0.3, -0.25) is 4.79 Å². The summed E-state index contributed by atoms with van der Waals surface area (Å²) >= 11 is 5.87. The SMILES string of the molecule is C=CCn1ncc(NCC(C)O)c(Cl)c1=O. The maximum Gasteiger partial charge on any atom is 0.287 e. The summed E-state index contributed by atoms with van der Waals surface area (Å²) in [6.45, 7) is 5.78. The van der Waals surface area contributed by atoms with E-state index in [0.29, 0.717) is 18.8 Å². The van der Waals surface area contributed by atoms with Gasteiger partial charge in [0, 0.05) is 6.54 Å². The van der Waals surface area contributed by atoms with Crippen LogP contribution in [0.5, 0.6) is 0 Å². The predicted molar refractivity (Wildman–Crippen MR) is 63.9 cm³/mol. The van der Waals surface area contributed by atoms with Gasteiger partial charge in [-0.05, 0) is 6.92 Å². The molecule has 88 valence electrons. The molecular weight excluding hydrogens is 230 g/mol. The third kappa shape index (κ3) is 3.08. The van der Waals surface area contributed by atoms with Crippen LogP contribution in [-0.2, 0) is 6.54 Å². The molecule has 0 saturated carbocycles. The Morgan fingerprint density at radius 3 is 3.06 bits per heavy atom. The molecule has 1 unspecified atom stereocenters. The lowest BCUT2D eigenvalue weighted by Crippen LogP contribution is -2.25. The van der Waals surface area contributed by atoms with E-state index in [9.17, 15) is 4.79 Å². The quantitative estimate of drug-likeness (QED) is 0.754. The van der Waals surface area contributed by atoms with Gasteiger partial charge in [0.05, 0.1) is 24.5 Å². The van der Waals surface area contributed by atoms with Crippen LogP contribution in [0.2, 0.25) is 5.02 Å². The molecule has 0 spiro atoms. The van der Waals surface area contributed by atoms with Crippen LogP contribution in [0.4, 0.5) is 5.69 Å². The van der Waals surface area contributed by atoms with E-state index in [2.05, 4.69) is 17.0 Å². The number of hydrogen-bond acceptors (Lipinski definition) is 4. The molecule has 16 heavy (non-hydrogen) atoms. The van der Waals surface area contributed by atoms with Crippen molar-refractivity contribution in [3.63, 3.8) is 0 Å². The lowest BCUT2D eigenvalue weighted by molar-refractivity contribution is 0.208. The van der Waals surface area contributed by atoms with E-state index in [0.717, 1.165) is 0 Å². The van der Waals surface area contributed by atoms with Crippen molar-refractivity contribution >= 4 is 17.3 Å². The van der Waals surface area contributed by atoms with Gasteiger partial charge in [0.1, 0.15) is 5.02 Å². The Morgan fingerprint density at radius 1 is 1.81 bits per heavy atom. The molecule has 1 aromatic rings. The Kier molecular flexibility index (Phi) is 4.52. The van der Waals surface area contributed by atoms with Gasteiger partial charge in [-0.2, -0.15) is 5.10 Å². The summed E-state index contributed by atoms with van der Waals surface area (Å²) in [5.74, 6) is 0. The maximum absolute atomic E-state index is 11.6. The Labute approximate surface area is 98.4 Å². The van der Waals surface area contributed by atoms with Crippen molar-refractivity contribution in [1.82, 2.24) is 9.78 Å². The van der Waals surface area contributed by atoms with Crippen LogP contribution in [0.25, 0.3) is 0 Å². The molecule has 0 amide bonds. The highest BCUT2D eigenvalue weighted by atomic mass is 35.5. The fraction of sp³-hybridized carbons (Fsp3) is 0.400. The summed E-state index contributed by atoms with van der Waals surface area (Å²) in [5.41, 5.74) is 0.0463. The fourth-order valence-corrected chi connectivity index (χ4v) is 1.31. The van der Waals surface area contributed by atoms with Crippen LogP contribution in [0.15, 0.2) is 23.6 Å². The van der Waals surface area contributed by atoms with Crippen LogP contribution in [-0.4, -0.2) is 27.5 Å². The predicted octanol–water partition coefficient (Wildman–Crippen LogP) is 0.875. The topological polar surface area (TPSA) is 67.2 Å². The molecule has 1 atom stereocenters. The summed E-state index contributed by atoms with van der Waals surface area (Å²) in [4.78, 5) is 11.6. The number of anilines is 1. The number of aliphatic hydroxyl groups is 1. The molecule has 0 aromatic carbocycles. The number of aliphatic hydroxyl groups excluding tert-OH is 1. The van der Waals surface area contributed by atoms with Gasteiger partial charge in [-0.15, -0.1) is 6.58 Å². The van der Waals surface area contributed by atoms with Crippen molar-refractivity contribution in [3.05, 3.63) is 34.2 Å². The molecule has 1 aromatic heterocycles. The van der Waals surface area contributed by atoms with Crippen molar-refractivity contribution < 1.29 is 5.11 Å². The molecule has 2 N–H and O–H groups in total. The Balaban J connectivity index is 2.93. The summed E-state index contributed by atoms with van der Waals surface area (Å²) in [5, 5.41) is 15.9. The van der Waals surface area contributed by atoms with Gasteiger partial charge < -0.3 is 10.4 Å². The molecule has 6 heteroatoms. The molecule has 0 fully saturated rings. The Bertz CT molecular complexity index is 429. The van der Waals surface area contributed by atoms with Crippen molar-refractivity contribution in [1.29, 1.82) is 0 Å². The first-order valence-electron chi connectivity index (χ1n) is 4.84. The zero-order chi connectivity index (χ0) is 12.1. The zero-order valence-corrected chi connectivity index (χ0v) is 9.74. The first kappa shape index (κ1) is 12.7. The van der Waals surface area contributed by atoms with Gasteiger partial charge in [-0.25, -0.2) is 4.68 Å². The van der Waals surface area contributed by atoms with E-state index in [1.54, 1.807) is 13.0 Å². The van der Waals surface area contributed by atoms with Crippen molar-refractivity contribution in [2.24, 2.45) is 0 Å². The van der Waals surface area contributed by atoms with Crippen LogP contribution in [0.3, 0.4) is 0 Å². The molecule has 5 nitrogen and oxygen atoms in total. The van der Waals surface area contributed by atoms with Gasteiger partial charge in [0.25, 0.3) is 5.56 Å². The number of aromatic nitrogens is 2. The minimum Gasteiger partial charge on any atom is -0.392 e. The van der Waals surface area contributed by atoms with Crippen LogP contribution in [0, 0.1) is 0 Å². The first-order valence-corrected chi connectivity index (χ1v) is 5.22. The van der Waals surface area contributed by atoms with Crippen LogP contribution < -0.4 is 10.9 Å². The standard InChI is InChI=1S/C10H14ClN3O2/c1-3-4-14-10(16)9(11)8(6-13-14)12-5-7(2)15/h3,6-7,12,15H,1,4-5H2,2H3. The lowest BCUT2D eigenvalue weighted by atomic mass is 10.4. The summed E-state index contributed by atoms with van der Waals surface area (Å²) in [7, 11) is 0. The normalized spacial score (nSPS) is 12.2. The van der Waals surface area contributed by atoms with E-state index in [1.165, 1.54) is 10.9 Å². The molecule has 1 heterocycles. The minimum absolute atomic E-state index is 0.0671. The van der Waals surface area contributed by atoms with E-state index in [1.807, 2.05) is 0 Å². The average Bonchev–Trinajstić information content (AvgIpc) is 2.24. The molecule has 0 bridgehead atoms. The molecule has 0 aliphatic carbocycles. The Morgan fingerprint density at radius 2 is 2.50 bits per heavy atom. The van der Waals surface area contributed by atoms with Crippen LogP contribution in [0.1, 0.15) is 6.92 Å². The number of nitrogens with zero attached hydrogens (tertiary/aromatic N) is 2. The zero-order valence-electron chi connectivity index (χ0n) is 8.98. The van der Waals surface area contributed by atoms with Gasteiger partial charge >= 0.3 is 0 Å². The van der Waals surface area contributed by atoms with E-state index in [-0.39, 0.29) is 10.6 Å². The molecule has 0 radical (unpaired) electrons. The highest BCUT2D eigenvalue weighted by Gasteiger charge is 2.08. The summed E-state index contributed by atoms with van der Waals surface area (Å²) in [6.07, 6.45) is 2.50. The average molecular weight is 244 g/mol. The second-order valence-corrected chi connectivity index (χ2v) is 3.76. The van der Waals surface area contributed by atoms with Gasteiger partial charge in [0.2, 0.25) is 0 Å². The largest absolute Gasteiger partial charge is 0.392 e. The fourth-order valence-electron chi connectivity index (χ4n) is 1.10.